The number of ether oxygens (including phenoxy) is 1. The van der Waals surface area contributed by atoms with Gasteiger partial charge in [0, 0.05) is 30.5 Å². The maximum atomic E-state index is 13.1. The van der Waals surface area contributed by atoms with Gasteiger partial charge in [-0.25, -0.2) is 4.98 Å². The highest BCUT2D eigenvalue weighted by atomic mass is 32.1. The quantitative estimate of drug-likeness (QED) is 0.269. The summed E-state index contributed by atoms with van der Waals surface area (Å²) >= 11 is 1.05. The van der Waals surface area contributed by atoms with Gasteiger partial charge >= 0.3 is 5.69 Å². The van der Waals surface area contributed by atoms with Crippen molar-refractivity contribution in [2.24, 2.45) is 0 Å². The molecule has 184 valence electrons. The largest absolute Gasteiger partial charge is 0.490 e. The van der Waals surface area contributed by atoms with Crippen LogP contribution < -0.4 is 20.7 Å². The second-order valence-electron chi connectivity index (χ2n) is 8.53. The molecule has 1 fully saturated rings. The monoisotopic (exact) mass is 496 g/mol. The number of nitrogens with zero attached hydrogens (tertiary/aromatic N) is 4. The minimum absolute atomic E-state index is 0.00770. The summed E-state index contributed by atoms with van der Waals surface area (Å²) in [6.45, 7) is 2.03. The van der Waals surface area contributed by atoms with Crippen molar-refractivity contribution in [1.82, 2.24) is 9.88 Å². The summed E-state index contributed by atoms with van der Waals surface area (Å²) in [6, 6.07) is 13.0. The smallest absolute Gasteiger partial charge is 0.322 e. The maximum Gasteiger partial charge on any atom is 0.322 e. The lowest BCUT2D eigenvalue weighted by atomic mass is 10.0. The summed E-state index contributed by atoms with van der Waals surface area (Å²) < 4.78 is 5.06. The van der Waals surface area contributed by atoms with Crippen molar-refractivity contribution >= 4 is 45.1 Å². The zero-order valence-electron chi connectivity index (χ0n) is 19.9. The topological polar surface area (TPSA) is 127 Å². The minimum atomic E-state index is -0.632. The summed E-state index contributed by atoms with van der Waals surface area (Å²) in [4.78, 5) is 33.1. The number of aromatic nitrogens is 1. The molecule has 0 aliphatic carbocycles. The van der Waals surface area contributed by atoms with Gasteiger partial charge in [0.15, 0.2) is 10.9 Å². The lowest BCUT2D eigenvalue weighted by molar-refractivity contribution is -0.386. The van der Waals surface area contributed by atoms with Crippen LogP contribution in [0.2, 0.25) is 0 Å². The molecule has 35 heavy (non-hydrogen) atoms. The Labute approximate surface area is 207 Å². The van der Waals surface area contributed by atoms with Gasteiger partial charge in [-0.3, -0.25) is 14.9 Å². The first-order valence-corrected chi connectivity index (χ1v) is 12.0. The number of thiazole rings is 1. The molecule has 0 unspecified atom stereocenters. The standard InChI is InChI=1S/C24H28N6O4S/c1-28(2)16-11-13-29(14-12-16)17-9-7-15(8-10-17)26-24-27-23(25)22(35-24)21(31)18-5-4-6-19(34-3)20(18)30(32)33/h4-10,16H,11-14,25H2,1-3H3,(H,26,27). The number of carbonyl (C=O) groups excluding carboxylic acids is 1. The number of nitro benzene ring substituents is 1. The van der Waals surface area contributed by atoms with Gasteiger partial charge in [-0.05, 0) is 63.3 Å². The molecule has 0 spiro atoms. The molecule has 0 amide bonds. The van der Waals surface area contributed by atoms with Crippen molar-refractivity contribution in [1.29, 1.82) is 0 Å². The summed E-state index contributed by atoms with van der Waals surface area (Å²) in [7, 11) is 5.57. The van der Waals surface area contributed by atoms with Gasteiger partial charge in [0.1, 0.15) is 16.3 Å². The Morgan fingerprint density at radius 3 is 2.51 bits per heavy atom. The first-order valence-electron chi connectivity index (χ1n) is 11.2. The van der Waals surface area contributed by atoms with Crippen LogP contribution in [0.15, 0.2) is 42.5 Å². The number of anilines is 4. The van der Waals surface area contributed by atoms with Crippen LogP contribution in [-0.4, -0.2) is 60.9 Å². The van der Waals surface area contributed by atoms with Gasteiger partial charge in [-0.1, -0.05) is 17.4 Å². The van der Waals surface area contributed by atoms with Crippen molar-refractivity contribution in [2.75, 3.05) is 50.2 Å². The number of hydrogen-bond donors (Lipinski definition) is 2. The molecule has 1 aliphatic rings. The second-order valence-corrected chi connectivity index (χ2v) is 9.53. The Balaban J connectivity index is 1.48. The van der Waals surface area contributed by atoms with Crippen LogP contribution in [0.3, 0.4) is 0 Å². The molecule has 3 N–H and O–H groups in total. The Morgan fingerprint density at radius 1 is 1.23 bits per heavy atom. The molecule has 0 atom stereocenters. The zero-order valence-corrected chi connectivity index (χ0v) is 20.7. The van der Waals surface area contributed by atoms with E-state index < -0.39 is 16.4 Å². The molecule has 1 aromatic heterocycles. The summed E-state index contributed by atoms with van der Waals surface area (Å²) in [6.07, 6.45) is 2.27. The van der Waals surface area contributed by atoms with Gasteiger partial charge in [0.05, 0.1) is 12.0 Å². The summed E-state index contributed by atoms with van der Waals surface area (Å²) in [5, 5.41) is 15.2. The van der Waals surface area contributed by atoms with E-state index in [0.29, 0.717) is 11.2 Å². The summed E-state index contributed by atoms with van der Waals surface area (Å²) in [5.41, 5.74) is 7.48. The Kier molecular flexibility index (Phi) is 7.17. The highest BCUT2D eigenvalue weighted by molar-refractivity contribution is 7.18. The first-order chi connectivity index (χ1) is 16.8. The van der Waals surface area contributed by atoms with Gasteiger partial charge in [0.25, 0.3) is 0 Å². The highest BCUT2D eigenvalue weighted by Crippen LogP contribution is 2.36. The molecule has 2 heterocycles. The van der Waals surface area contributed by atoms with Crippen molar-refractivity contribution in [3.05, 3.63) is 63.0 Å². The summed E-state index contributed by atoms with van der Waals surface area (Å²) in [5.74, 6) is -0.552. The van der Waals surface area contributed by atoms with E-state index in [1.807, 2.05) is 12.1 Å². The average molecular weight is 497 g/mol. The Bertz CT molecular complexity index is 1220. The van der Waals surface area contributed by atoms with E-state index in [9.17, 15) is 14.9 Å². The van der Waals surface area contributed by atoms with Crippen LogP contribution in [0.25, 0.3) is 0 Å². The molecule has 1 saturated heterocycles. The highest BCUT2D eigenvalue weighted by Gasteiger charge is 2.29. The third-order valence-electron chi connectivity index (χ3n) is 6.18. The lowest BCUT2D eigenvalue weighted by Crippen LogP contribution is -2.41. The van der Waals surface area contributed by atoms with E-state index in [1.54, 1.807) is 0 Å². The lowest BCUT2D eigenvalue weighted by Gasteiger charge is -2.36. The molecule has 0 saturated carbocycles. The average Bonchev–Trinajstić information content (AvgIpc) is 3.23. The van der Waals surface area contributed by atoms with Crippen molar-refractivity contribution in [3.63, 3.8) is 0 Å². The SMILES string of the molecule is COc1cccc(C(=O)c2sc(Nc3ccc(N4CCC(N(C)C)CC4)cc3)nc2N)c1[N+](=O)[O-]. The third-order valence-corrected chi connectivity index (χ3v) is 7.17. The van der Waals surface area contributed by atoms with Crippen LogP contribution in [0.1, 0.15) is 28.1 Å². The van der Waals surface area contributed by atoms with Crippen LogP contribution in [0, 0.1) is 10.1 Å². The zero-order chi connectivity index (χ0) is 25.1. The molecular weight excluding hydrogens is 468 g/mol. The van der Waals surface area contributed by atoms with Crippen molar-refractivity contribution in [2.45, 2.75) is 18.9 Å². The van der Waals surface area contributed by atoms with E-state index in [0.717, 1.165) is 48.6 Å². The minimum Gasteiger partial charge on any atom is -0.490 e. The van der Waals surface area contributed by atoms with E-state index >= 15 is 0 Å². The number of methoxy groups -OCH3 is 1. The van der Waals surface area contributed by atoms with E-state index in [4.69, 9.17) is 10.5 Å². The molecular formula is C24H28N6O4S. The fourth-order valence-electron chi connectivity index (χ4n) is 4.25. The molecule has 1 aliphatic heterocycles. The predicted molar refractivity (Wildman–Crippen MR) is 138 cm³/mol. The molecule has 3 aromatic rings. The number of benzene rings is 2. The maximum absolute atomic E-state index is 13.1. The van der Waals surface area contributed by atoms with Gasteiger partial charge in [-0.2, -0.15) is 0 Å². The van der Waals surface area contributed by atoms with Crippen molar-refractivity contribution < 1.29 is 14.5 Å². The normalized spacial score (nSPS) is 14.2. The van der Waals surface area contributed by atoms with Crippen LogP contribution >= 0.6 is 11.3 Å². The Hall–Kier alpha value is -3.70. The van der Waals surface area contributed by atoms with Gasteiger partial charge in [0.2, 0.25) is 5.78 Å². The van der Waals surface area contributed by atoms with E-state index in [2.05, 4.69) is 46.3 Å². The van der Waals surface area contributed by atoms with Crippen LogP contribution in [-0.2, 0) is 0 Å². The fourth-order valence-corrected chi connectivity index (χ4v) is 5.11. The molecule has 4 rings (SSSR count). The number of nitro groups is 1. The third kappa shape index (κ3) is 5.20. The number of piperidine rings is 1. The first kappa shape index (κ1) is 24.4. The number of nitrogens with two attached hydrogens (primary N) is 1. The molecule has 11 heteroatoms. The molecule has 0 radical (unpaired) electrons. The van der Waals surface area contributed by atoms with Gasteiger partial charge in [-0.15, -0.1) is 0 Å². The molecule has 2 aromatic carbocycles. The van der Waals surface area contributed by atoms with Gasteiger partial charge < -0.3 is 25.6 Å². The number of nitrogen functional groups attached to an aromatic ring is 1. The number of carbonyl (C=O) groups is 1. The number of nitrogens with one attached hydrogen (secondary N) is 1. The second kappa shape index (κ2) is 10.3. The number of hydrogen-bond acceptors (Lipinski definition) is 10. The number of ketones is 1. The van der Waals surface area contributed by atoms with E-state index in [-0.39, 0.29) is 22.0 Å². The fraction of sp³-hybridized carbons (Fsp3) is 0.333. The predicted octanol–water partition coefficient (Wildman–Crippen LogP) is 4.15. The number of para-hydroxylation sites is 1. The van der Waals surface area contributed by atoms with Crippen LogP contribution in [0.4, 0.5) is 28.0 Å². The molecule has 0 bridgehead atoms. The molecule has 10 nitrogen and oxygen atoms in total. The van der Waals surface area contributed by atoms with Crippen LogP contribution in [0.5, 0.6) is 5.75 Å². The van der Waals surface area contributed by atoms with E-state index in [1.165, 1.54) is 25.3 Å². The Morgan fingerprint density at radius 2 is 1.91 bits per heavy atom. The number of rotatable bonds is 8. The van der Waals surface area contributed by atoms with Crippen molar-refractivity contribution in [3.8, 4) is 5.75 Å².